The van der Waals surface area contributed by atoms with Gasteiger partial charge in [-0.3, -0.25) is 0 Å². The van der Waals surface area contributed by atoms with Crippen molar-refractivity contribution in [3.8, 4) is 0 Å². The molecule has 2 aromatic carbocycles. The Bertz CT molecular complexity index is 567. The summed E-state index contributed by atoms with van der Waals surface area (Å²) >= 11 is 0. The van der Waals surface area contributed by atoms with E-state index in [0.717, 1.165) is 0 Å². The molecule has 0 bridgehead atoms. The molecule has 2 aromatic rings. The fourth-order valence-electron chi connectivity index (χ4n) is 2.18. The molecule has 0 aliphatic carbocycles. The van der Waals surface area contributed by atoms with Crippen LogP contribution in [-0.2, 0) is 0 Å². The molecular weight excluding hydrogens is 218 g/mol. The number of benzene rings is 2. The van der Waals surface area contributed by atoms with Crippen LogP contribution >= 0.6 is 0 Å². The minimum atomic E-state index is 0.256. The second-order valence-electron chi connectivity index (χ2n) is 4.36. The lowest BCUT2D eigenvalue weighted by Crippen LogP contribution is -2.20. The Balaban J connectivity index is 1.85. The fourth-order valence-corrected chi connectivity index (χ4v) is 2.18. The van der Waals surface area contributed by atoms with Crippen LogP contribution in [0.1, 0.15) is 17.2 Å². The Morgan fingerprint density at radius 1 is 0.778 bits per heavy atom. The molecule has 0 fully saturated rings. The van der Waals surface area contributed by atoms with Crippen molar-refractivity contribution < 1.29 is 0 Å². The average molecular weight is 233 g/mol. The van der Waals surface area contributed by atoms with Crippen LogP contribution in [-0.4, -0.2) is 0 Å². The van der Waals surface area contributed by atoms with E-state index in [-0.39, 0.29) is 6.04 Å². The van der Waals surface area contributed by atoms with Crippen LogP contribution < -0.4 is 5.32 Å². The fraction of sp³-hybridized carbons (Fsp3) is 0.0588. The van der Waals surface area contributed by atoms with E-state index >= 15 is 0 Å². The SMILES string of the molecule is C1=C[C@@H](c2ccccc2)NC(c2ccccc2)=C1. The molecule has 1 atom stereocenters. The van der Waals surface area contributed by atoms with Gasteiger partial charge in [-0.05, 0) is 17.2 Å². The van der Waals surface area contributed by atoms with Gasteiger partial charge in [-0.25, -0.2) is 0 Å². The standard InChI is InChI=1S/C17H15N/c1-3-8-14(9-4-1)16-12-7-13-17(18-16)15-10-5-2-6-11-15/h1-13,16,18H/t16-/m0/s1. The first kappa shape index (κ1) is 10.8. The van der Waals surface area contributed by atoms with E-state index in [1.165, 1.54) is 16.8 Å². The summed E-state index contributed by atoms with van der Waals surface area (Å²) in [6.07, 6.45) is 6.42. The first-order valence-corrected chi connectivity index (χ1v) is 6.19. The van der Waals surface area contributed by atoms with E-state index in [4.69, 9.17) is 0 Å². The van der Waals surface area contributed by atoms with Crippen molar-refractivity contribution in [1.29, 1.82) is 0 Å². The Morgan fingerprint density at radius 2 is 1.44 bits per heavy atom. The topological polar surface area (TPSA) is 12.0 Å². The highest BCUT2D eigenvalue weighted by Gasteiger charge is 2.12. The molecule has 1 heterocycles. The molecule has 0 aromatic heterocycles. The Hall–Kier alpha value is -2.28. The lowest BCUT2D eigenvalue weighted by atomic mass is 10.0. The van der Waals surface area contributed by atoms with E-state index in [2.05, 4.69) is 72.1 Å². The lowest BCUT2D eigenvalue weighted by molar-refractivity contribution is 0.764. The molecule has 0 amide bonds. The van der Waals surface area contributed by atoms with Gasteiger partial charge in [0.2, 0.25) is 0 Å². The summed E-state index contributed by atoms with van der Waals surface area (Å²) in [6, 6.07) is 21.2. The molecule has 0 spiro atoms. The molecule has 0 saturated heterocycles. The molecule has 1 aliphatic rings. The van der Waals surface area contributed by atoms with Crippen molar-refractivity contribution in [1.82, 2.24) is 5.32 Å². The van der Waals surface area contributed by atoms with Crippen LogP contribution in [0.4, 0.5) is 0 Å². The molecule has 1 nitrogen and oxygen atoms in total. The number of rotatable bonds is 2. The van der Waals surface area contributed by atoms with Crippen molar-refractivity contribution >= 4 is 5.70 Å². The van der Waals surface area contributed by atoms with Gasteiger partial charge in [-0.15, -0.1) is 0 Å². The number of hydrogen-bond acceptors (Lipinski definition) is 1. The summed E-state index contributed by atoms with van der Waals surface area (Å²) in [7, 11) is 0. The molecule has 0 saturated carbocycles. The summed E-state index contributed by atoms with van der Waals surface area (Å²) in [5.74, 6) is 0. The minimum absolute atomic E-state index is 0.256. The minimum Gasteiger partial charge on any atom is -0.374 e. The third-order valence-electron chi connectivity index (χ3n) is 3.12. The molecule has 1 N–H and O–H groups in total. The first-order valence-electron chi connectivity index (χ1n) is 6.19. The van der Waals surface area contributed by atoms with E-state index in [1.807, 2.05) is 12.1 Å². The van der Waals surface area contributed by atoms with E-state index < -0.39 is 0 Å². The van der Waals surface area contributed by atoms with Crippen molar-refractivity contribution in [3.63, 3.8) is 0 Å². The van der Waals surface area contributed by atoms with Crippen LogP contribution in [0, 0.1) is 0 Å². The van der Waals surface area contributed by atoms with Gasteiger partial charge in [-0.1, -0.05) is 72.8 Å². The molecular formula is C17H15N. The predicted molar refractivity (Wildman–Crippen MR) is 75.9 cm³/mol. The van der Waals surface area contributed by atoms with Crippen molar-refractivity contribution in [2.24, 2.45) is 0 Å². The summed E-state index contributed by atoms with van der Waals surface area (Å²) < 4.78 is 0. The van der Waals surface area contributed by atoms with Gasteiger partial charge in [-0.2, -0.15) is 0 Å². The largest absolute Gasteiger partial charge is 0.374 e. The number of hydrogen-bond donors (Lipinski definition) is 1. The molecule has 0 unspecified atom stereocenters. The van der Waals surface area contributed by atoms with Crippen molar-refractivity contribution in [3.05, 3.63) is 90.0 Å². The number of nitrogens with one attached hydrogen (secondary N) is 1. The summed E-state index contributed by atoms with van der Waals surface area (Å²) in [4.78, 5) is 0. The maximum absolute atomic E-state index is 3.56. The van der Waals surface area contributed by atoms with Gasteiger partial charge in [0.25, 0.3) is 0 Å². The maximum atomic E-state index is 3.56. The zero-order chi connectivity index (χ0) is 12.2. The average Bonchev–Trinajstić information content (AvgIpc) is 2.49. The summed E-state index contributed by atoms with van der Waals surface area (Å²) in [5, 5.41) is 3.56. The van der Waals surface area contributed by atoms with Gasteiger partial charge >= 0.3 is 0 Å². The molecule has 1 heteroatoms. The Kier molecular flexibility index (Phi) is 2.97. The van der Waals surface area contributed by atoms with E-state index in [9.17, 15) is 0 Å². The third-order valence-corrected chi connectivity index (χ3v) is 3.12. The maximum Gasteiger partial charge on any atom is 0.0701 e. The van der Waals surface area contributed by atoms with Crippen LogP contribution in [0.5, 0.6) is 0 Å². The van der Waals surface area contributed by atoms with Crippen molar-refractivity contribution in [2.75, 3.05) is 0 Å². The van der Waals surface area contributed by atoms with Gasteiger partial charge in [0.15, 0.2) is 0 Å². The molecule has 1 aliphatic heterocycles. The Labute approximate surface area is 107 Å². The van der Waals surface area contributed by atoms with Crippen LogP contribution in [0.15, 0.2) is 78.9 Å². The molecule has 18 heavy (non-hydrogen) atoms. The van der Waals surface area contributed by atoms with Crippen LogP contribution in [0.3, 0.4) is 0 Å². The molecule has 0 radical (unpaired) electrons. The zero-order valence-corrected chi connectivity index (χ0v) is 10.1. The second kappa shape index (κ2) is 4.92. The van der Waals surface area contributed by atoms with E-state index in [0.29, 0.717) is 0 Å². The predicted octanol–water partition coefficient (Wildman–Crippen LogP) is 3.93. The van der Waals surface area contributed by atoms with Crippen molar-refractivity contribution in [2.45, 2.75) is 6.04 Å². The zero-order valence-electron chi connectivity index (χ0n) is 10.1. The Morgan fingerprint density at radius 3 is 2.17 bits per heavy atom. The summed E-state index contributed by atoms with van der Waals surface area (Å²) in [6.45, 7) is 0. The molecule has 3 rings (SSSR count). The smallest absolute Gasteiger partial charge is 0.0701 e. The molecule has 88 valence electrons. The van der Waals surface area contributed by atoms with E-state index in [1.54, 1.807) is 0 Å². The van der Waals surface area contributed by atoms with Gasteiger partial charge in [0.05, 0.1) is 6.04 Å². The quantitative estimate of drug-likeness (QED) is 0.828. The first-order chi connectivity index (χ1) is 8.93. The van der Waals surface area contributed by atoms with Gasteiger partial charge < -0.3 is 5.32 Å². The van der Waals surface area contributed by atoms with Crippen LogP contribution in [0.25, 0.3) is 5.70 Å². The highest BCUT2D eigenvalue weighted by atomic mass is 14.9. The van der Waals surface area contributed by atoms with Gasteiger partial charge in [0.1, 0.15) is 0 Å². The highest BCUT2D eigenvalue weighted by Crippen LogP contribution is 2.23. The van der Waals surface area contributed by atoms with Gasteiger partial charge in [0, 0.05) is 5.70 Å². The highest BCUT2D eigenvalue weighted by molar-refractivity contribution is 5.67. The van der Waals surface area contributed by atoms with Crippen LogP contribution in [0.2, 0.25) is 0 Å². The number of allylic oxidation sites excluding steroid dienone is 2. The second-order valence-corrected chi connectivity index (χ2v) is 4.36. The number of dihydropyridines is 1. The summed E-state index contributed by atoms with van der Waals surface area (Å²) in [5.41, 5.74) is 3.69. The normalized spacial score (nSPS) is 18.0. The monoisotopic (exact) mass is 233 g/mol. The third kappa shape index (κ3) is 2.21. The lowest BCUT2D eigenvalue weighted by Gasteiger charge is -2.22.